The van der Waals surface area contributed by atoms with Crippen molar-refractivity contribution in [1.82, 2.24) is 14.5 Å². The number of aryl methyl sites for hydroxylation is 1. The Labute approximate surface area is 162 Å². The third kappa shape index (κ3) is 3.35. The number of hydrogen-bond donors (Lipinski definition) is 1. The molecule has 0 saturated heterocycles. The number of halogens is 1. The van der Waals surface area contributed by atoms with Crippen LogP contribution in [0, 0.1) is 12.7 Å². The van der Waals surface area contributed by atoms with Gasteiger partial charge >= 0.3 is 0 Å². The predicted molar refractivity (Wildman–Crippen MR) is 105 cm³/mol. The van der Waals surface area contributed by atoms with E-state index in [1.165, 1.54) is 16.8 Å². The fraction of sp³-hybridized carbons (Fsp3) is 0.286. The second-order valence-corrected chi connectivity index (χ2v) is 6.92. The smallest absolute Gasteiger partial charge is 0.262 e. The molecule has 4 rings (SSSR count). The number of hydrogen-bond acceptors (Lipinski definition) is 5. The van der Waals surface area contributed by atoms with E-state index in [0.717, 1.165) is 35.3 Å². The number of anilines is 1. The van der Waals surface area contributed by atoms with Gasteiger partial charge in [0.15, 0.2) is 0 Å². The van der Waals surface area contributed by atoms with Crippen LogP contribution in [-0.4, -0.2) is 21.1 Å². The Morgan fingerprint density at radius 1 is 1.29 bits per heavy atom. The molecule has 1 aliphatic rings. The Morgan fingerprint density at radius 2 is 2.14 bits per heavy atom. The molecule has 1 aliphatic heterocycles. The highest BCUT2D eigenvalue weighted by Gasteiger charge is 2.18. The standard InChI is InChI=1S/C21H21FN4O2/c1-13-8-14(10-23-9-13)16-11-24-21(26(2)20(16)27)25-12-17-15-4-3-7-28-19(15)6-5-18(17)22/h5-6,8-11H,3-4,7,12H2,1-2H3,(H,24,25). The Balaban J connectivity index is 1.62. The van der Waals surface area contributed by atoms with Crippen LogP contribution in [0.15, 0.2) is 41.6 Å². The van der Waals surface area contributed by atoms with Crippen molar-refractivity contribution in [2.45, 2.75) is 26.3 Å². The Hall–Kier alpha value is -3.22. The quantitative estimate of drug-likeness (QED) is 0.753. The zero-order valence-corrected chi connectivity index (χ0v) is 15.8. The SMILES string of the molecule is Cc1cncc(-c2cnc(NCc3c(F)ccc4c3CCCO4)n(C)c2=O)c1. The molecular weight excluding hydrogens is 359 g/mol. The fourth-order valence-corrected chi connectivity index (χ4v) is 3.45. The summed E-state index contributed by atoms with van der Waals surface area (Å²) in [6.07, 6.45) is 6.54. The molecule has 0 aliphatic carbocycles. The molecule has 7 heteroatoms. The number of pyridine rings is 1. The molecule has 0 amide bonds. The van der Waals surface area contributed by atoms with Gasteiger partial charge in [0.2, 0.25) is 5.95 Å². The Kier molecular flexibility index (Phi) is 4.81. The maximum atomic E-state index is 14.4. The van der Waals surface area contributed by atoms with Crippen molar-refractivity contribution in [1.29, 1.82) is 0 Å². The molecule has 0 atom stereocenters. The minimum atomic E-state index is -0.288. The van der Waals surface area contributed by atoms with E-state index in [-0.39, 0.29) is 17.9 Å². The summed E-state index contributed by atoms with van der Waals surface area (Å²) in [7, 11) is 1.64. The average Bonchev–Trinajstić information content (AvgIpc) is 2.70. The lowest BCUT2D eigenvalue weighted by molar-refractivity contribution is 0.286. The van der Waals surface area contributed by atoms with Crippen LogP contribution in [0.4, 0.5) is 10.3 Å². The Bertz CT molecular complexity index is 1090. The first-order chi connectivity index (χ1) is 13.5. The van der Waals surface area contributed by atoms with Crippen LogP contribution in [-0.2, 0) is 20.0 Å². The molecule has 28 heavy (non-hydrogen) atoms. The normalized spacial score (nSPS) is 13.0. The van der Waals surface area contributed by atoms with Crippen molar-refractivity contribution >= 4 is 5.95 Å². The molecule has 1 N–H and O–H groups in total. The molecule has 0 fully saturated rings. The van der Waals surface area contributed by atoms with E-state index >= 15 is 0 Å². The molecule has 3 aromatic rings. The molecule has 0 spiro atoms. The second kappa shape index (κ2) is 7.42. The summed E-state index contributed by atoms with van der Waals surface area (Å²) in [5.41, 5.74) is 3.41. The molecule has 2 aromatic heterocycles. The van der Waals surface area contributed by atoms with Gasteiger partial charge in [-0.25, -0.2) is 9.37 Å². The number of benzene rings is 1. The number of aromatic nitrogens is 3. The summed E-state index contributed by atoms with van der Waals surface area (Å²) in [5, 5.41) is 3.09. The molecule has 6 nitrogen and oxygen atoms in total. The zero-order chi connectivity index (χ0) is 19.7. The molecule has 0 bridgehead atoms. The van der Waals surface area contributed by atoms with Crippen molar-refractivity contribution in [3.8, 4) is 16.9 Å². The largest absolute Gasteiger partial charge is 0.493 e. The summed E-state index contributed by atoms with van der Waals surface area (Å²) in [5.74, 6) is 0.820. The van der Waals surface area contributed by atoms with Gasteiger partial charge < -0.3 is 10.1 Å². The summed E-state index contributed by atoms with van der Waals surface area (Å²) in [6.45, 7) is 2.80. The van der Waals surface area contributed by atoms with E-state index < -0.39 is 0 Å². The van der Waals surface area contributed by atoms with Crippen LogP contribution < -0.4 is 15.6 Å². The second-order valence-electron chi connectivity index (χ2n) is 6.92. The molecule has 0 saturated carbocycles. The van der Waals surface area contributed by atoms with Crippen molar-refractivity contribution in [2.24, 2.45) is 7.05 Å². The zero-order valence-electron chi connectivity index (χ0n) is 15.8. The van der Waals surface area contributed by atoms with Crippen LogP contribution in [0.5, 0.6) is 5.75 Å². The highest BCUT2D eigenvalue weighted by molar-refractivity contribution is 5.61. The maximum Gasteiger partial charge on any atom is 0.262 e. The van der Waals surface area contributed by atoms with Crippen molar-refractivity contribution in [3.63, 3.8) is 0 Å². The summed E-state index contributed by atoms with van der Waals surface area (Å²) in [4.78, 5) is 21.3. The molecule has 0 radical (unpaired) electrons. The van der Waals surface area contributed by atoms with Crippen molar-refractivity contribution < 1.29 is 9.13 Å². The van der Waals surface area contributed by atoms with E-state index in [0.29, 0.717) is 23.7 Å². The monoisotopic (exact) mass is 380 g/mol. The fourth-order valence-electron chi connectivity index (χ4n) is 3.45. The lowest BCUT2D eigenvalue weighted by Gasteiger charge is -2.21. The number of nitrogens with one attached hydrogen (secondary N) is 1. The van der Waals surface area contributed by atoms with E-state index in [4.69, 9.17) is 4.74 Å². The van der Waals surface area contributed by atoms with Crippen LogP contribution in [0.25, 0.3) is 11.1 Å². The van der Waals surface area contributed by atoms with Crippen molar-refractivity contribution in [2.75, 3.05) is 11.9 Å². The molecule has 3 heterocycles. The minimum Gasteiger partial charge on any atom is -0.493 e. The average molecular weight is 380 g/mol. The first kappa shape index (κ1) is 18.2. The summed E-state index contributed by atoms with van der Waals surface area (Å²) in [6, 6.07) is 4.98. The van der Waals surface area contributed by atoms with Gasteiger partial charge in [0.1, 0.15) is 11.6 Å². The molecular formula is C21H21FN4O2. The van der Waals surface area contributed by atoms with E-state index in [9.17, 15) is 9.18 Å². The number of rotatable bonds is 4. The van der Waals surface area contributed by atoms with Gasteiger partial charge in [-0.1, -0.05) is 0 Å². The predicted octanol–water partition coefficient (Wildman–Crippen LogP) is 3.23. The van der Waals surface area contributed by atoms with Gasteiger partial charge in [-0.15, -0.1) is 0 Å². The van der Waals surface area contributed by atoms with Crippen LogP contribution in [0.1, 0.15) is 23.1 Å². The van der Waals surface area contributed by atoms with Gasteiger partial charge in [0.25, 0.3) is 5.56 Å². The minimum absolute atomic E-state index is 0.191. The first-order valence-corrected chi connectivity index (χ1v) is 9.19. The molecule has 144 valence electrons. The van der Waals surface area contributed by atoms with Gasteiger partial charge in [0, 0.05) is 48.9 Å². The van der Waals surface area contributed by atoms with E-state index in [2.05, 4.69) is 15.3 Å². The highest BCUT2D eigenvalue weighted by atomic mass is 19.1. The van der Waals surface area contributed by atoms with E-state index in [1.807, 2.05) is 13.0 Å². The van der Waals surface area contributed by atoms with Gasteiger partial charge in [-0.2, -0.15) is 0 Å². The van der Waals surface area contributed by atoms with Gasteiger partial charge in [0.05, 0.1) is 12.2 Å². The van der Waals surface area contributed by atoms with Gasteiger partial charge in [-0.05, 0) is 43.5 Å². The molecule has 1 aromatic carbocycles. The third-order valence-electron chi connectivity index (χ3n) is 4.94. The maximum absolute atomic E-state index is 14.4. The lowest BCUT2D eigenvalue weighted by atomic mass is 9.99. The lowest BCUT2D eigenvalue weighted by Crippen LogP contribution is -2.24. The molecule has 0 unspecified atom stereocenters. The number of nitrogens with zero attached hydrogens (tertiary/aromatic N) is 3. The summed E-state index contributed by atoms with van der Waals surface area (Å²) >= 11 is 0. The van der Waals surface area contributed by atoms with Crippen molar-refractivity contribution in [3.05, 3.63) is 69.7 Å². The van der Waals surface area contributed by atoms with Crippen LogP contribution in [0.3, 0.4) is 0 Å². The van der Waals surface area contributed by atoms with Gasteiger partial charge in [-0.3, -0.25) is 14.3 Å². The van der Waals surface area contributed by atoms with Crippen LogP contribution in [0.2, 0.25) is 0 Å². The highest BCUT2D eigenvalue weighted by Crippen LogP contribution is 2.30. The van der Waals surface area contributed by atoms with E-state index in [1.54, 1.807) is 25.5 Å². The first-order valence-electron chi connectivity index (χ1n) is 9.19. The third-order valence-corrected chi connectivity index (χ3v) is 4.94. The van der Waals surface area contributed by atoms with Crippen LogP contribution >= 0.6 is 0 Å². The topological polar surface area (TPSA) is 69.0 Å². The summed E-state index contributed by atoms with van der Waals surface area (Å²) < 4.78 is 21.4. The number of fused-ring (bicyclic) bond motifs is 1. The Morgan fingerprint density at radius 3 is 2.96 bits per heavy atom. The number of ether oxygens (including phenoxy) is 1.